The number of aromatic nitrogens is 1. The topological polar surface area (TPSA) is 90.5 Å². The van der Waals surface area contributed by atoms with Gasteiger partial charge in [0.1, 0.15) is 5.56 Å². The quantitative estimate of drug-likeness (QED) is 0.877. The van der Waals surface area contributed by atoms with Crippen LogP contribution in [0.5, 0.6) is 0 Å². The fourth-order valence-corrected chi connectivity index (χ4v) is 2.81. The van der Waals surface area contributed by atoms with Crippen LogP contribution in [0.15, 0.2) is 16.9 Å². The first-order chi connectivity index (χ1) is 9.78. The molecule has 1 fully saturated rings. The first-order valence-electron chi connectivity index (χ1n) is 7.00. The summed E-state index contributed by atoms with van der Waals surface area (Å²) in [6, 6.07) is 3.16. The molecule has 1 atom stereocenters. The van der Waals surface area contributed by atoms with Gasteiger partial charge in [-0.3, -0.25) is 14.4 Å². The van der Waals surface area contributed by atoms with Gasteiger partial charge in [0.25, 0.3) is 11.5 Å². The van der Waals surface area contributed by atoms with E-state index in [9.17, 15) is 19.5 Å². The number of hydrogen-bond acceptors (Lipinski definition) is 3. The van der Waals surface area contributed by atoms with Crippen LogP contribution >= 0.6 is 0 Å². The van der Waals surface area contributed by atoms with Crippen LogP contribution in [0.4, 0.5) is 0 Å². The third-order valence-electron chi connectivity index (χ3n) is 4.40. The van der Waals surface area contributed by atoms with Crippen molar-refractivity contribution in [2.24, 2.45) is 11.3 Å². The van der Waals surface area contributed by atoms with E-state index in [1.54, 1.807) is 13.0 Å². The third-order valence-corrected chi connectivity index (χ3v) is 4.40. The zero-order valence-corrected chi connectivity index (χ0v) is 12.5. The van der Waals surface area contributed by atoms with Crippen molar-refractivity contribution in [2.75, 3.05) is 13.1 Å². The summed E-state index contributed by atoms with van der Waals surface area (Å²) >= 11 is 0. The molecular formula is C15H20N2O4. The fraction of sp³-hybridized carbons (Fsp3) is 0.533. The Morgan fingerprint density at radius 1 is 1.38 bits per heavy atom. The fourth-order valence-electron chi connectivity index (χ4n) is 2.81. The lowest BCUT2D eigenvalue weighted by molar-refractivity contribution is -0.150. The smallest absolute Gasteiger partial charge is 0.311 e. The first kappa shape index (κ1) is 15.3. The highest BCUT2D eigenvalue weighted by Crippen LogP contribution is 2.38. The van der Waals surface area contributed by atoms with E-state index in [1.165, 1.54) is 11.0 Å². The number of carbonyl (C=O) groups excluding carboxylic acids is 1. The molecule has 1 saturated heterocycles. The maximum absolute atomic E-state index is 12.4. The molecule has 0 bridgehead atoms. The number of H-pyrrole nitrogens is 1. The number of aromatic amines is 1. The van der Waals surface area contributed by atoms with E-state index in [0.717, 1.165) is 0 Å². The highest BCUT2D eigenvalue weighted by atomic mass is 16.4. The number of carboxylic acid groups (broad SMARTS) is 1. The maximum atomic E-state index is 12.4. The van der Waals surface area contributed by atoms with E-state index in [0.29, 0.717) is 18.7 Å². The van der Waals surface area contributed by atoms with Crippen LogP contribution in [0.25, 0.3) is 0 Å². The average Bonchev–Trinajstić information content (AvgIpc) is 2.84. The SMILES string of the molecule is Cc1ccc(C(=O)N2CCC(C(=O)O)(C(C)C)C2)c(=O)[nH]1. The van der Waals surface area contributed by atoms with Gasteiger partial charge in [0.2, 0.25) is 0 Å². The summed E-state index contributed by atoms with van der Waals surface area (Å²) in [4.78, 5) is 39.9. The number of nitrogens with one attached hydrogen (secondary N) is 1. The highest BCUT2D eigenvalue weighted by Gasteiger charge is 2.48. The van der Waals surface area contributed by atoms with Gasteiger partial charge in [0.05, 0.1) is 5.41 Å². The number of pyridine rings is 1. The molecule has 1 amide bonds. The molecule has 21 heavy (non-hydrogen) atoms. The normalized spacial score (nSPS) is 21.8. The Labute approximate surface area is 122 Å². The minimum absolute atomic E-state index is 0.0607. The predicted molar refractivity (Wildman–Crippen MR) is 77.2 cm³/mol. The number of likely N-dealkylation sites (tertiary alicyclic amines) is 1. The van der Waals surface area contributed by atoms with Gasteiger partial charge in [-0.25, -0.2) is 0 Å². The van der Waals surface area contributed by atoms with Gasteiger partial charge in [-0.1, -0.05) is 13.8 Å². The molecule has 0 radical (unpaired) electrons. The average molecular weight is 292 g/mol. The van der Waals surface area contributed by atoms with Crippen molar-refractivity contribution in [2.45, 2.75) is 27.2 Å². The van der Waals surface area contributed by atoms with E-state index in [2.05, 4.69) is 4.98 Å². The van der Waals surface area contributed by atoms with Crippen molar-refractivity contribution >= 4 is 11.9 Å². The third kappa shape index (κ3) is 2.57. The molecule has 2 N–H and O–H groups in total. The molecule has 1 aromatic rings. The summed E-state index contributed by atoms with van der Waals surface area (Å²) in [7, 11) is 0. The van der Waals surface area contributed by atoms with Crippen molar-refractivity contribution in [3.8, 4) is 0 Å². The van der Waals surface area contributed by atoms with Crippen LogP contribution in [0.1, 0.15) is 36.3 Å². The lowest BCUT2D eigenvalue weighted by Crippen LogP contribution is -2.41. The van der Waals surface area contributed by atoms with Crippen molar-refractivity contribution in [1.82, 2.24) is 9.88 Å². The standard InChI is InChI=1S/C15H20N2O4/c1-9(2)15(14(20)21)6-7-17(8-15)13(19)11-5-4-10(3)16-12(11)18/h4-5,9H,6-8H2,1-3H3,(H,16,18)(H,20,21). The van der Waals surface area contributed by atoms with E-state index in [-0.39, 0.29) is 18.0 Å². The van der Waals surface area contributed by atoms with Crippen LogP contribution < -0.4 is 5.56 Å². The van der Waals surface area contributed by atoms with Gasteiger partial charge < -0.3 is 15.0 Å². The first-order valence-corrected chi connectivity index (χ1v) is 7.00. The van der Waals surface area contributed by atoms with Gasteiger partial charge in [-0.15, -0.1) is 0 Å². The Morgan fingerprint density at radius 2 is 2.05 bits per heavy atom. The summed E-state index contributed by atoms with van der Waals surface area (Å²) in [5.41, 5.74) is -0.615. The van der Waals surface area contributed by atoms with Gasteiger partial charge in [-0.2, -0.15) is 0 Å². The molecule has 0 aliphatic carbocycles. The number of aliphatic carboxylic acids is 1. The lowest BCUT2D eigenvalue weighted by atomic mass is 9.76. The number of amides is 1. The number of carboxylic acids is 1. The molecule has 6 heteroatoms. The summed E-state index contributed by atoms with van der Waals surface area (Å²) in [6.07, 6.45) is 0.412. The van der Waals surface area contributed by atoms with Crippen LogP contribution in [-0.4, -0.2) is 40.0 Å². The Bertz CT molecular complexity index is 635. The second-order valence-corrected chi connectivity index (χ2v) is 5.98. The Hall–Kier alpha value is -2.11. The summed E-state index contributed by atoms with van der Waals surface area (Å²) in [5.74, 6) is -1.37. The monoisotopic (exact) mass is 292 g/mol. The molecule has 2 heterocycles. The zero-order chi connectivity index (χ0) is 15.8. The summed E-state index contributed by atoms with van der Waals surface area (Å²) in [5, 5.41) is 9.49. The largest absolute Gasteiger partial charge is 0.481 e. The van der Waals surface area contributed by atoms with Gasteiger partial charge in [0.15, 0.2) is 0 Å². The van der Waals surface area contributed by atoms with Crippen molar-refractivity contribution < 1.29 is 14.7 Å². The molecule has 0 spiro atoms. The molecule has 0 saturated carbocycles. The number of rotatable bonds is 3. The molecule has 2 rings (SSSR count). The second-order valence-electron chi connectivity index (χ2n) is 5.98. The van der Waals surface area contributed by atoms with Crippen molar-refractivity contribution in [3.05, 3.63) is 33.7 Å². The number of hydrogen-bond donors (Lipinski definition) is 2. The number of nitrogens with zero attached hydrogens (tertiary/aromatic N) is 1. The summed E-state index contributed by atoms with van der Waals surface area (Å²) < 4.78 is 0. The predicted octanol–water partition coefficient (Wildman–Crippen LogP) is 1.26. The summed E-state index contributed by atoms with van der Waals surface area (Å²) in [6.45, 7) is 5.93. The van der Waals surface area contributed by atoms with E-state index in [1.807, 2.05) is 13.8 Å². The number of aryl methyl sites for hydroxylation is 1. The maximum Gasteiger partial charge on any atom is 0.311 e. The van der Waals surface area contributed by atoms with E-state index >= 15 is 0 Å². The molecular weight excluding hydrogens is 272 g/mol. The Morgan fingerprint density at radius 3 is 2.52 bits per heavy atom. The molecule has 1 unspecified atom stereocenters. The molecule has 0 aromatic carbocycles. The van der Waals surface area contributed by atoms with Crippen LogP contribution in [0.2, 0.25) is 0 Å². The minimum Gasteiger partial charge on any atom is -0.481 e. The van der Waals surface area contributed by atoms with E-state index < -0.39 is 22.9 Å². The van der Waals surface area contributed by atoms with Gasteiger partial charge >= 0.3 is 5.97 Å². The molecule has 1 aliphatic rings. The van der Waals surface area contributed by atoms with Crippen molar-refractivity contribution in [1.29, 1.82) is 0 Å². The highest BCUT2D eigenvalue weighted by molar-refractivity contribution is 5.94. The lowest BCUT2D eigenvalue weighted by Gasteiger charge is -2.28. The second kappa shape index (κ2) is 5.35. The Balaban J connectivity index is 2.27. The molecule has 1 aromatic heterocycles. The van der Waals surface area contributed by atoms with Crippen LogP contribution in [0, 0.1) is 18.3 Å². The minimum atomic E-state index is -0.923. The zero-order valence-electron chi connectivity index (χ0n) is 12.5. The molecule has 114 valence electrons. The van der Waals surface area contributed by atoms with Crippen LogP contribution in [0.3, 0.4) is 0 Å². The molecule has 1 aliphatic heterocycles. The van der Waals surface area contributed by atoms with Gasteiger partial charge in [0, 0.05) is 18.8 Å². The van der Waals surface area contributed by atoms with Crippen LogP contribution in [-0.2, 0) is 4.79 Å². The number of carbonyl (C=O) groups is 2. The van der Waals surface area contributed by atoms with Crippen molar-refractivity contribution in [3.63, 3.8) is 0 Å². The van der Waals surface area contributed by atoms with E-state index in [4.69, 9.17) is 0 Å². The van der Waals surface area contributed by atoms with Gasteiger partial charge in [-0.05, 0) is 31.4 Å². The Kier molecular flexibility index (Phi) is 3.89. The molecule has 6 nitrogen and oxygen atoms in total.